The smallest absolute Gasteiger partial charge is 0.235 e. The highest BCUT2D eigenvalue weighted by Gasteiger charge is 2.31. The normalized spacial score (nSPS) is 12.0. The average molecular weight is 1950 g/mol. The third-order valence-corrected chi connectivity index (χ3v) is 33.3. The molecule has 0 bridgehead atoms. The highest BCUT2D eigenvalue weighted by Crippen LogP contribution is 2.54. The van der Waals surface area contributed by atoms with E-state index in [2.05, 4.69) is 449 Å². The summed E-state index contributed by atoms with van der Waals surface area (Å²) >= 11 is 5.49. The van der Waals surface area contributed by atoms with Gasteiger partial charge in [0.1, 0.15) is 0 Å². The predicted octanol–water partition coefficient (Wildman–Crippen LogP) is 35.5. The Kier molecular flexibility index (Phi) is 19.1. The van der Waals surface area contributed by atoms with Crippen LogP contribution in [0.5, 0.6) is 0 Å². The van der Waals surface area contributed by atoms with Crippen LogP contribution >= 0.6 is 34.0 Å². The minimum Gasteiger partial charge on any atom is -0.309 e. The van der Waals surface area contributed by atoms with Crippen LogP contribution in [0, 0.1) is 0 Å². The third kappa shape index (κ3) is 13.1. The third-order valence-electron chi connectivity index (χ3n) is 29.8. The van der Waals surface area contributed by atoms with Crippen LogP contribution in [0.3, 0.4) is 0 Å². The largest absolute Gasteiger partial charge is 0.309 e. The van der Waals surface area contributed by atoms with Crippen LogP contribution in [0.4, 0.5) is 0 Å². The first-order valence-corrected chi connectivity index (χ1v) is 52.4. The lowest BCUT2D eigenvalue weighted by Gasteiger charge is -2.15. The Morgan fingerprint density at radius 2 is 0.503 bits per heavy atom. The van der Waals surface area contributed by atoms with Gasteiger partial charge in [-0.05, 0) is 187 Å². The molecule has 13 nitrogen and oxygen atoms in total. The molecule has 0 aliphatic rings. The Morgan fingerprint density at radius 1 is 0.181 bits per heavy atom. The Labute approximate surface area is 861 Å². The van der Waals surface area contributed by atoms with Crippen molar-refractivity contribution in [3.63, 3.8) is 0 Å². The Balaban J connectivity index is 0.000000101. The number of hydrogen-bond donors (Lipinski definition) is 0. The summed E-state index contributed by atoms with van der Waals surface area (Å²) in [6.07, 6.45) is 5.67. The Hall–Kier alpha value is -19.2. The van der Waals surface area contributed by atoms with Crippen LogP contribution in [-0.2, 0) is 0 Å². The van der Waals surface area contributed by atoms with Crippen molar-refractivity contribution in [3.8, 4) is 79.6 Å². The Morgan fingerprint density at radius 3 is 0.946 bits per heavy atom. The minimum atomic E-state index is 0.627. The second-order valence-corrected chi connectivity index (χ2v) is 41.1. The zero-order valence-electron chi connectivity index (χ0n) is 79.5. The molecule has 33 aromatic rings. The van der Waals surface area contributed by atoms with Gasteiger partial charge in [0.05, 0.1) is 108 Å². The fraction of sp³-hybridized carbons (Fsp3) is 0. The number of benzene rings is 20. The maximum absolute atomic E-state index is 5.55. The number of para-hydroxylation sites is 5. The molecule has 0 fully saturated rings. The van der Waals surface area contributed by atoms with Gasteiger partial charge in [0, 0.05) is 130 Å². The van der Waals surface area contributed by atoms with Crippen LogP contribution in [0.15, 0.2) is 468 Å². The summed E-state index contributed by atoms with van der Waals surface area (Å²) in [5, 5.41) is 26.1. The molecule has 0 saturated carbocycles. The molecule has 13 heterocycles. The summed E-state index contributed by atoms with van der Waals surface area (Å²) in [5.41, 5.74) is 25.8. The minimum absolute atomic E-state index is 0.627. The van der Waals surface area contributed by atoms with Gasteiger partial charge in [0.25, 0.3) is 0 Å². The van der Waals surface area contributed by atoms with Crippen molar-refractivity contribution in [1.82, 2.24) is 63.1 Å². The SMILES string of the molecule is c1ccc(-c2cc(-c3ccccc3)cc(-c3nc(-n4c5cccnc5c5c6ccccc6c6c7ccccc7sc6c54)nc4ccccc34)c2)cc1.c1ccc(-n2c3ccccc3c3cc(-c4nc(-n5c6cccnc6c6c7ccccc7c7c8ccccc8sc7c65)nc5ccccc45)ccc32)cc1.c1ccc2c(-c3nc(-n4c5cccnc5c5c6ccccc6c6c7ccccc7sc6c54)nc4ccccc34)cccc2c1. The molecule has 0 amide bonds. The maximum atomic E-state index is 5.55. The molecule has 0 spiro atoms. The van der Waals surface area contributed by atoms with Crippen molar-refractivity contribution in [1.29, 1.82) is 0 Å². The number of nitrogens with zero attached hydrogens (tertiary/aromatic N) is 13. The molecule has 20 aromatic carbocycles. The maximum Gasteiger partial charge on any atom is 0.235 e. The van der Waals surface area contributed by atoms with Gasteiger partial charge in [0.15, 0.2) is 0 Å². The number of rotatable bonds is 9. The molecular weight excluding hydrogens is 1880 g/mol. The quantitative estimate of drug-likeness (QED) is 0.138. The molecule has 0 aliphatic heterocycles. The fourth-order valence-electron chi connectivity index (χ4n) is 23.5. The van der Waals surface area contributed by atoms with Gasteiger partial charge in [-0.1, -0.05) is 328 Å². The number of pyridine rings is 3. The van der Waals surface area contributed by atoms with Crippen molar-refractivity contribution in [2.75, 3.05) is 0 Å². The van der Waals surface area contributed by atoms with E-state index >= 15 is 0 Å². The first kappa shape index (κ1) is 84.3. The summed E-state index contributed by atoms with van der Waals surface area (Å²) in [4.78, 5) is 47.5. The van der Waals surface area contributed by atoms with Crippen molar-refractivity contribution in [2.45, 2.75) is 0 Å². The highest BCUT2D eigenvalue weighted by atomic mass is 32.1. The van der Waals surface area contributed by atoms with Crippen molar-refractivity contribution >= 4 is 258 Å². The van der Waals surface area contributed by atoms with E-state index in [1.54, 1.807) is 0 Å². The summed E-state index contributed by atoms with van der Waals surface area (Å²) in [6, 6.07) is 159. The second-order valence-electron chi connectivity index (χ2n) is 38.0. The average Bonchev–Trinajstić information content (AvgIpc) is 1.54. The molecule has 0 radical (unpaired) electrons. The van der Waals surface area contributed by atoms with E-state index in [0.717, 1.165) is 166 Å². The molecule has 33 rings (SSSR count). The summed E-state index contributed by atoms with van der Waals surface area (Å²) in [5.74, 6) is 1.91. The van der Waals surface area contributed by atoms with Gasteiger partial charge in [-0.2, -0.15) is 0 Å². The van der Waals surface area contributed by atoms with Crippen LogP contribution in [0.1, 0.15) is 0 Å². The number of hydrogen-bond acceptors (Lipinski definition) is 12. The lowest BCUT2D eigenvalue weighted by Crippen LogP contribution is -2.04. The van der Waals surface area contributed by atoms with Gasteiger partial charge >= 0.3 is 0 Å². The molecule has 0 unspecified atom stereocenters. The van der Waals surface area contributed by atoms with E-state index in [4.69, 9.17) is 44.9 Å². The van der Waals surface area contributed by atoms with Crippen LogP contribution < -0.4 is 0 Å². The van der Waals surface area contributed by atoms with E-state index in [1.165, 1.54) is 120 Å². The van der Waals surface area contributed by atoms with Gasteiger partial charge < -0.3 is 4.57 Å². The molecule has 13 aromatic heterocycles. The van der Waals surface area contributed by atoms with E-state index in [-0.39, 0.29) is 0 Å². The van der Waals surface area contributed by atoms with Crippen molar-refractivity contribution in [2.24, 2.45) is 0 Å². The first-order valence-electron chi connectivity index (χ1n) is 49.9. The number of aromatic nitrogens is 13. The molecule has 149 heavy (non-hydrogen) atoms. The lowest BCUT2D eigenvalue weighted by atomic mass is 9.94. The van der Waals surface area contributed by atoms with Gasteiger partial charge in [-0.15, -0.1) is 34.0 Å². The van der Waals surface area contributed by atoms with Gasteiger partial charge in [-0.3, -0.25) is 28.7 Å². The van der Waals surface area contributed by atoms with Gasteiger partial charge in [0.2, 0.25) is 17.8 Å². The molecule has 0 atom stereocenters. The molecule has 0 saturated heterocycles. The van der Waals surface area contributed by atoms with Crippen LogP contribution in [0.2, 0.25) is 0 Å². The standard InChI is InChI=1S/C47H27N5S.C47H28N4S.C39H22N4S/c1-2-13-29(14-3-1)51-37-21-10-7-15-30(37)35-27-28(24-25-38(35)51)43-33-18-6-9-20-36(33)49-47(50-43)52-39-22-12-26-48-44(39)42-32-17-5-4-16-31(32)41-34-19-8-11-23-40(34)53-46(41)45(42)52;1-3-14-29(15-4-1)31-26-32(30-16-5-2-6-17-30)28-33(27-31)43-36-20-9-11-22-38(36)49-47(50-43)51-39-23-13-25-48-44(39)42-35-19-8-7-18-34(35)41-37-21-10-12-24-40(37)52-46(41)45(42)51;1-2-13-24-23(11-1)12-9-18-27(24)35-28-16-5-7-19-30(28)41-39(42-35)43-31-20-10-22-40-36(31)34-26-15-4-3-14-25(26)33-29-17-6-8-21-32(29)44-38(33)37(34)43/h1-27H;1-28H;1-22H. The number of fused-ring (bicyclic) bond motifs is 37. The van der Waals surface area contributed by atoms with E-state index in [0.29, 0.717) is 17.8 Å². The fourth-order valence-corrected chi connectivity index (χ4v) is 27.3. The summed E-state index contributed by atoms with van der Waals surface area (Å²) < 4.78 is 16.6. The highest BCUT2D eigenvalue weighted by molar-refractivity contribution is 7.28. The van der Waals surface area contributed by atoms with Crippen molar-refractivity contribution in [3.05, 3.63) is 468 Å². The zero-order valence-corrected chi connectivity index (χ0v) is 81.9. The molecule has 692 valence electrons. The van der Waals surface area contributed by atoms with Crippen LogP contribution in [0.25, 0.3) is 303 Å². The van der Waals surface area contributed by atoms with E-state index in [1.807, 2.05) is 70.8 Å². The zero-order chi connectivity index (χ0) is 97.6. The van der Waals surface area contributed by atoms with E-state index in [9.17, 15) is 0 Å². The van der Waals surface area contributed by atoms with Crippen molar-refractivity contribution < 1.29 is 0 Å². The summed E-state index contributed by atoms with van der Waals surface area (Å²) in [7, 11) is 0. The molecule has 0 aliphatic carbocycles. The lowest BCUT2D eigenvalue weighted by molar-refractivity contribution is 1.02. The van der Waals surface area contributed by atoms with Crippen LogP contribution in [-0.4, -0.2) is 63.1 Å². The molecular formula is C133H77N13S3. The van der Waals surface area contributed by atoms with Gasteiger partial charge in [-0.25, -0.2) is 29.9 Å². The predicted molar refractivity (Wildman–Crippen MR) is 625 cm³/mol. The number of thiophene rings is 3. The monoisotopic (exact) mass is 1950 g/mol. The first-order chi connectivity index (χ1) is 74.0. The van der Waals surface area contributed by atoms with E-state index < -0.39 is 0 Å². The topological polar surface area (TPSA) is 136 Å². The molecule has 0 N–H and O–H groups in total. The summed E-state index contributed by atoms with van der Waals surface area (Å²) in [6.45, 7) is 0. The molecule has 16 heteroatoms. The Bertz CT molecular complexity index is 11400. The second kappa shape index (κ2) is 33.7.